The molecule has 4 aromatic rings. The molecular formula is C21H20N6O. The van der Waals surface area contributed by atoms with Crippen LogP contribution < -0.4 is 10.9 Å². The summed E-state index contributed by atoms with van der Waals surface area (Å²) in [6.45, 7) is 4.22. The van der Waals surface area contributed by atoms with Crippen molar-refractivity contribution >= 4 is 22.7 Å². The van der Waals surface area contributed by atoms with Gasteiger partial charge >= 0.3 is 0 Å². The topological polar surface area (TPSA) is 85.6 Å². The third-order valence-corrected chi connectivity index (χ3v) is 4.57. The lowest BCUT2D eigenvalue weighted by molar-refractivity contribution is 0.843. The lowest BCUT2D eigenvalue weighted by Crippen LogP contribution is -2.14. The van der Waals surface area contributed by atoms with Gasteiger partial charge in [0, 0.05) is 31.1 Å². The first-order valence-electron chi connectivity index (χ1n) is 9.03. The largest absolute Gasteiger partial charge is 0.323 e. The maximum Gasteiger partial charge on any atom is 0.250 e. The molecule has 4 heterocycles. The summed E-state index contributed by atoms with van der Waals surface area (Å²) in [4.78, 5) is 21.0. The van der Waals surface area contributed by atoms with Gasteiger partial charge in [-0.1, -0.05) is 13.8 Å². The summed E-state index contributed by atoms with van der Waals surface area (Å²) in [7, 11) is 1.72. The molecule has 1 N–H and O–H groups in total. The number of nitrogens with zero attached hydrogens (tertiary/aromatic N) is 5. The third-order valence-electron chi connectivity index (χ3n) is 4.57. The number of rotatable bonds is 4. The fraction of sp³-hybridized carbons (Fsp3) is 0.190. The van der Waals surface area contributed by atoms with Crippen molar-refractivity contribution in [1.29, 1.82) is 0 Å². The molecular weight excluding hydrogens is 352 g/mol. The van der Waals surface area contributed by atoms with Crippen molar-refractivity contribution in [3.63, 3.8) is 0 Å². The number of aromatic nitrogens is 5. The Morgan fingerprint density at radius 2 is 1.82 bits per heavy atom. The molecule has 4 rings (SSSR count). The minimum Gasteiger partial charge on any atom is -0.323 e. The van der Waals surface area contributed by atoms with Gasteiger partial charge in [0.1, 0.15) is 5.82 Å². The SMILES string of the molecule is CC(C)c1cnnc(Nc2ccc3ncc(-c4ccn(C)c(=O)c4)cc3n2)c1. The molecule has 7 heteroatoms. The molecule has 0 atom stereocenters. The fourth-order valence-corrected chi connectivity index (χ4v) is 2.85. The quantitative estimate of drug-likeness (QED) is 0.588. The standard InChI is InChI=1S/C21H20N6O/c1-13(2)15-9-20(26-23-12-15)25-19-5-4-17-18(24-19)8-16(11-22-17)14-6-7-27(3)21(28)10-14/h4-13H,1-3H3,(H,24,25,26). The lowest BCUT2D eigenvalue weighted by Gasteiger charge is -2.09. The number of anilines is 2. The highest BCUT2D eigenvalue weighted by atomic mass is 16.1. The molecule has 140 valence electrons. The van der Waals surface area contributed by atoms with Crippen molar-refractivity contribution in [3.8, 4) is 11.1 Å². The smallest absolute Gasteiger partial charge is 0.250 e. The highest BCUT2D eigenvalue weighted by Crippen LogP contribution is 2.23. The summed E-state index contributed by atoms with van der Waals surface area (Å²) < 4.78 is 1.53. The highest BCUT2D eigenvalue weighted by Gasteiger charge is 2.07. The van der Waals surface area contributed by atoms with Gasteiger partial charge in [0.25, 0.3) is 5.56 Å². The van der Waals surface area contributed by atoms with Gasteiger partial charge in [-0.2, -0.15) is 5.10 Å². The number of aryl methyl sites for hydroxylation is 1. The van der Waals surface area contributed by atoms with Crippen molar-refractivity contribution in [2.24, 2.45) is 7.05 Å². The Morgan fingerprint density at radius 3 is 2.61 bits per heavy atom. The van der Waals surface area contributed by atoms with Crippen LogP contribution in [0.2, 0.25) is 0 Å². The number of fused-ring (bicyclic) bond motifs is 1. The first-order valence-corrected chi connectivity index (χ1v) is 9.03. The van der Waals surface area contributed by atoms with E-state index in [2.05, 4.69) is 39.3 Å². The predicted octanol–water partition coefficient (Wildman–Crippen LogP) is 3.65. The van der Waals surface area contributed by atoms with E-state index < -0.39 is 0 Å². The van der Waals surface area contributed by atoms with Gasteiger partial charge in [0.2, 0.25) is 0 Å². The summed E-state index contributed by atoms with van der Waals surface area (Å²) in [6.07, 6.45) is 5.27. The molecule has 0 amide bonds. The van der Waals surface area contributed by atoms with Crippen LogP contribution in [0.3, 0.4) is 0 Å². The zero-order valence-corrected chi connectivity index (χ0v) is 15.9. The van der Waals surface area contributed by atoms with Crippen LogP contribution in [0.1, 0.15) is 25.3 Å². The van der Waals surface area contributed by atoms with Crippen LogP contribution in [-0.4, -0.2) is 24.7 Å². The van der Waals surface area contributed by atoms with Crippen molar-refractivity contribution in [3.05, 3.63) is 70.9 Å². The van der Waals surface area contributed by atoms with Gasteiger partial charge < -0.3 is 9.88 Å². The molecule has 0 radical (unpaired) electrons. The van der Waals surface area contributed by atoms with Crippen LogP contribution in [0.4, 0.5) is 11.6 Å². The number of pyridine rings is 3. The van der Waals surface area contributed by atoms with Crippen LogP contribution in [-0.2, 0) is 7.05 Å². The number of nitrogens with one attached hydrogen (secondary N) is 1. The molecule has 0 saturated heterocycles. The second-order valence-corrected chi connectivity index (χ2v) is 6.98. The normalized spacial score (nSPS) is 11.1. The molecule has 0 aliphatic heterocycles. The Kier molecular flexibility index (Phi) is 4.57. The third kappa shape index (κ3) is 3.59. The van der Waals surface area contributed by atoms with Crippen LogP contribution in [0.15, 0.2) is 59.8 Å². The van der Waals surface area contributed by atoms with Crippen LogP contribution in [0.25, 0.3) is 22.2 Å². The van der Waals surface area contributed by atoms with Crippen molar-refractivity contribution < 1.29 is 0 Å². The van der Waals surface area contributed by atoms with E-state index in [4.69, 9.17) is 0 Å². The van der Waals surface area contributed by atoms with Crippen molar-refractivity contribution in [2.75, 3.05) is 5.32 Å². The maximum absolute atomic E-state index is 11.9. The van der Waals surface area contributed by atoms with Gasteiger partial charge in [-0.3, -0.25) is 9.78 Å². The minimum absolute atomic E-state index is 0.0652. The Labute approximate surface area is 162 Å². The van der Waals surface area contributed by atoms with Crippen molar-refractivity contribution in [1.82, 2.24) is 24.7 Å². The van der Waals surface area contributed by atoms with Gasteiger partial charge in [-0.05, 0) is 47.4 Å². The zero-order chi connectivity index (χ0) is 19.7. The predicted molar refractivity (Wildman–Crippen MR) is 110 cm³/mol. The van der Waals surface area contributed by atoms with Crippen LogP contribution in [0, 0.1) is 0 Å². The number of hydrogen-bond acceptors (Lipinski definition) is 6. The van der Waals surface area contributed by atoms with E-state index in [-0.39, 0.29) is 5.56 Å². The molecule has 0 fully saturated rings. The Bertz CT molecular complexity index is 1210. The second kappa shape index (κ2) is 7.19. The minimum atomic E-state index is -0.0652. The fourth-order valence-electron chi connectivity index (χ4n) is 2.85. The molecule has 0 bridgehead atoms. The van der Waals surface area contributed by atoms with Gasteiger partial charge in [0.05, 0.1) is 17.2 Å². The second-order valence-electron chi connectivity index (χ2n) is 6.98. The lowest BCUT2D eigenvalue weighted by atomic mass is 10.1. The average molecular weight is 372 g/mol. The molecule has 0 aliphatic carbocycles. The number of hydrogen-bond donors (Lipinski definition) is 1. The van der Waals surface area contributed by atoms with Crippen LogP contribution >= 0.6 is 0 Å². The van der Waals surface area contributed by atoms with Crippen LogP contribution in [0.5, 0.6) is 0 Å². The van der Waals surface area contributed by atoms with E-state index in [1.54, 1.807) is 31.7 Å². The van der Waals surface area contributed by atoms with Crippen molar-refractivity contribution in [2.45, 2.75) is 19.8 Å². The Morgan fingerprint density at radius 1 is 0.964 bits per heavy atom. The molecule has 4 aromatic heterocycles. The summed E-state index contributed by atoms with van der Waals surface area (Å²) in [6, 6.07) is 11.1. The Balaban J connectivity index is 1.69. The summed E-state index contributed by atoms with van der Waals surface area (Å²) in [5.74, 6) is 1.67. The summed E-state index contributed by atoms with van der Waals surface area (Å²) >= 11 is 0. The molecule has 0 aliphatic rings. The van der Waals surface area contributed by atoms with E-state index in [0.29, 0.717) is 17.6 Å². The first kappa shape index (κ1) is 17.8. The first-order chi connectivity index (χ1) is 13.5. The monoisotopic (exact) mass is 372 g/mol. The average Bonchev–Trinajstić information content (AvgIpc) is 2.69. The zero-order valence-electron chi connectivity index (χ0n) is 15.9. The summed E-state index contributed by atoms with van der Waals surface area (Å²) in [5.41, 5.74) is 4.21. The van der Waals surface area contributed by atoms with Gasteiger partial charge in [-0.15, -0.1) is 5.10 Å². The molecule has 7 nitrogen and oxygen atoms in total. The van der Waals surface area contributed by atoms with E-state index in [1.165, 1.54) is 4.57 Å². The van der Waals surface area contributed by atoms with E-state index in [1.807, 2.05) is 30.3 Å². The Hall–Kier alpha value is -3.61. The van der Waals surface area contributed by atoms with E-state index >= 15 is 0 Å². The molecule has 0 saturated carbocycles. The maximum atomic E-state index is 11.9. The molecule has 0 aromatic carbocycles. The van der Waals surface area contributed by atoms with E-state index in [9.17, 15) is 4.79 Å². The molecule has 0 unspecified atom stereocenters. The summed E-state index contributed by atoms with van der Waals surface area (Å²) in [5, 5.41) is 11.4. The van der Waals surface area contributed by atoms with Gasteiger partial charge in [0.15, 0.2) is 5.82 Å². The molecule has 28 heavy (non-hydrogen) atoms. The molecule has 0 spiro atoms. The highest BCUT2D eigenvalue weighted by molar-refractivity contribution is 5.81. The van der Waals surface area contributed by atoms with E-state index in [0.717, 1.165) is 27.7 Å². The van der Waals surface area contributed by atoms with Gasteiger partial charge in [-0.25, -0.2) is 4.98 Å².